The van der Waals surface area contributed by atoms with Gasteiger partial charge in [0.25, 0.3) is 0 Å². The van der Waals surface area contributed by atoms with E-state index in [4.69, 9.17) is 5.73 Å². The highest BCUT2D eigenvalue weighted by Crippen LogP contribution is 2.37. The molecule has 17 heavy (non-hydrogen) atoms. The van der Waals surface area contributed by atoms with E-state index in [0.717, 1.165) is 37.9 Å². The maximum absolute atomic E-state index is 12.3. The zero-order valence-corrected chi connectivity index (χ0v) is 10.6. The predicted molar refractivity (Wildman–Crippen MR) is 67.6 cm³/mol. The predicted octanol–water partition coefficient (Wildman–Crippen LogP) is 2.19. The molecule has 0 radical (unpaired) electrons. The lowest BCUT2D eigenvalue weighted by Crippen LogP contribution is -2.38. The van der Waals surface area contributed by atoms with E-state index in [2.05, 4.69) is 4.98 Å². The van der Waals surface area contributed by atoms with E-state index in [-0.39, 0.29) is 12.0 Å². The molecule has 2 N–H and O–H groups in total. The Morgan fingerprint density at radius 1 is 1.41 bits per heavy atom. The Balaban J connectivity index is 1.77. The van der Waals surface area contributed by atoms with Crippen LogP contribution in [0.3, 0.4) is 0 Å². The number of thiazole rings is 1. The van der Waals surface area contributed by atoms with Crippen LogP contribution < -0.4 is 5.73 Å². The molecule has 3 rings (SSSR count). The van der Waals surface area contributed by atoms with Gasteiger partial charge in [-0.15, -0.1) is 11.3 Å². The van der Waals surface area contributed by atoms with Crippen molar-refractivity contribution in [1.29, 1.82) is 0 Å². The SMILES string of the molecule is Nc1nc(C2CCCN2C(=O)C2CCC2)cs1. The van der Waals surface area contributed by atoms with E-state index in [9.17, 15) is 4.79 Å². The average Bonchev–Trinajstić information content (AvgIpc) is 2.81. The number of nitrogen functional groups attached to an aromatic ring is 1. The maximum Gasteiger partial charge on any atom is 0.226 e. The molecule has 0 aromatic carbocycles. The van der Waals surface area contributed by atoms with E-state index >= 15 is 0 Å². The minimum Gasteiger partial charge on any atom is -0.375 e. The number of amides is 1. The third kappa shape index (κ3) is 1.92. The van der Waals surface area contributed by atoms with Gasteiger partial charge in [-0.1, -0.05) is 6.42 Å². The van der Waals surface area contributed by atoms with Crippen molar-refractivity contribution in [2.45, 2.75) is 38.1 Å². The van der Waals surface area contributed by atoms with Crippen LogP contribution in [0.25, 0.3) is 0 Å². The summed E-state index contributed by atoms with van der Waals surface area (Å²) in [6.45, 7) is 0.886. The van der Waals surface area contributed by atoms with Crippen molar-refractivity contribution in [3.05, 3.63) is 11.1 Å². The minimum absolute atomic E-state index is 0.177. The summed E-state index contributed by atoms with van der Waals surface area (Å²) in [5, 5.41) is 2.59. The van der Waals surface area contributed by atoms with Gasteiger partial charge in [0.15, 0.2) is 5.13 Å². The summed E-state index contributed by atoms with van der Waals surface area (Å²) in [7, 11) is 0. The van der Waals surface area contributed by atoms with Crippen molar-refractivity contribution >= 4 is 22.4 Å². The number of hydrogen-bond donors (Lipinski definition) is 1. The first-order chi connectivity index (χ1) is 8.25. The van der Waals surface area contributed by atoms with Crippen LogP contribution in [0.5, 0.6) is 0 Å². The smallest absolute Gasteiger partial charge is 0.226 e. The Hall–Kier alpha value is -1.10. The molecular weight excluding hydrogens is 234 g/mol. The van der Waals surface area contributed by atoms with Crippen LogP contribution in [0.1, 0.15) is 43.8 Å². The normalized spacial score (nSPS) is 24.9. The van der Waals surface area contributed by atoms with E-state index in [0.29, 0.717) is 11.0 Å². The second kappa shape index (κ2) is 4.29. The molecule has 92 valence electrons. The molecule has 1 aromatic heterocycles. The molecule has 1 aliphatic heterocycles. The van der Waals surface area contributed by atoms with Gasteiger partial charge in [0.2, 0.25) is 5.91 Å². The Bertz CT molecular complexity index is 427. The van der Waals surface area contributed by atoms with E-state index < -0.39 is 0 Å². The number of nitrogens with two attached hydrogens (primary N) is 1. The van der Waals surface area contributed by atoms with Crippen LogP contribution in [0.15, 0.2) is 5.38 Å². The summed E-state index contributed by atoms with van der Waals surface area (Å²) in [6, 6.07) is 0.177. The molecule has 1 amide bonds. The fraction of sp³-hybridized carbons (Fsp3) is 0.667. The van der Waals surface area contributed by atoms with Gasteiger partial charge in [0.1, 0.15) is 0 Å². The molecule has 1 atom stereocenters. The first-order valence-corrected chi connectivity index (χ1v) is 7.15. The Morgan fingerprint density at radius 2 is 2.24 bits per heavy atom. The summed E-state index contributed by atoms with van der Waals surface area (Å²) < 4.78 is 0. The zero-order valence-electron chi connectivity index (χ0n) is 9.76. The van der Waals surface area contributed by atoms with E-state index in [1.807, 2.05) is 10.3 Å². The lowest BCUT2D eigenvalue weighted by Gasteiger charge is -2.32. The number of carbonyl (C=O) groups excluding carboxylic acids is 1. The number of anilines is 1. The molecule has 0 spiro atoms. The quantitative estimate of drug-likeness (QED) is 0.876. The molecule has 1 aliphatic carbocycles. The summed E-state index contributed by atoms with van der Waals surface area (Å²) in [6.07, 6.45) is 5.46. The van der Waals surface area contributed by atoms with Crippen LogP contribution in [0, 0.1) is 5.92 Å². The third-order valence-electron chi connectivity index (χ3n) is 3.87. The summed E-state index contributed by atoms with van der Waals surface area (Å²) in [5.74, 6) is 0.622. The number of aromatic nitrogens is 1. The van der Waals surface area contributed by atoms with Gasteiger partial charge in [0.05, 0.1) is 11.7 Å². The highest BCUT2D eigenvalue weighted by atomic mass is 32.1. The monoisotopic (exact) mass is 251 g/mol. The lowest BCUT2D eigenvalue weighted by molar-refractivity contribution is -0.139. The maximum atomic E-state index is 12.3. The minimum atomic E-state index is 0.177. The van der Waals surface area contributed by atoms with Crippen molar-refractivity contribution in [2.24, 2.45) is 5.92 Å². The first kappa shape index (κ1) is 11.0. The molecule has 5 heteroatoms. The van der Waals surface area contributed by atoms with Crippen molar-refractivity contribution in [3.63, 3.8) is 0 Å². The summed E-state index contributed by atoms with van der Waals surface area (Å²) in [5.41, 5.74) is 6.65. The standard InChI is InChI=1S/C12H17N3OS/c13-12-14-9(7-17-12)10-5-2-6-15(10)11(16)8-3-1-4-8/h7-8,10H,1-6H2,(H2,13,14). The average molecular weight is 251 g/mol. The van der Waals surface area contributed by atoms with Gasteiger partial charge < -0.3 is 10.6 Å². The van der Waals surface area contributed by atoms with Crippen LogP contribution in [0.4, 0.5) is 5.13 Å². The first-order valence-electron chi connectivity index (χ1n) is 6.27. The highest BCUT2D eigenvalue weighted by molar-refractivity contribution is 7.13. The molecule has 2 aliphatic rings. The van der Waals surface area contributed by atoms with Gasteiger partial charge in [-0.05, 0) is 25.7 Å². The third-order valence-corrected chi connectivity index (χ3v) is 4.56. The van der Waals surface area contributed by atoms with Gasteiger partial charge >= 0.3 is 0 Å². The van der Waals surface area contributed by atoms with Crippen molar-refractivity contribution in [3.8, 4) is 0 Å². The molecule has 0 bridgehead atoms. The Labute approximate surface area is 105 Å². The van der Waals surface area contributed by atoms with Gasteiger partial charge in [-0.25, -0.2) is 4.98 Å². The van der Waals surface area contributed by atoms with Crippen LogP contribution >= 0.6 is 11.3 Å². The topological polar surface area (TPSA) is 59.2 Å². The number of nitrogens with zero attached hydrogens (tertiary/aromatic N) is 2. The Morgan fingerprint density at radius 3 is 2.82 bits per heavy atom. The van der Waals surface area contributed by atoms with Crippen LogP contribution in [-0.4, -0.2) is 22.3 Å². The summed E-state index contributed by atoms with van der Waals surface area (Å²) in [4.78, 5) is 18.6. The fourth-order valence-electron chi connectivity index (χ4n) is 2.68. The molecule has 1 saturated carbocycles. The molecule has 2 fully saturated rings. The van der Waals surface area contributed by atoms with Crippen molar-refractivity contribution in [2.75, 3.05) is 12.3 Å². The molecule has 2 heterocycles. The van der Waals surface area contributed by atoms with Crippen LogP contribution in [-0.2, 0) is 4.79 Å². The second-order valence-corrected chi connectivity index (χ2v) is 5.82. The number of likely N-dealkylation sites (tertiary alicyclic amines) is 1. The van der Waals surface area contributed by atoms with Gasteiger partial charge in [-0.3, -0.25) is 4.79 Å². The number of hydrogen-bond acceptors (Lipinski definition) is 4. The lowest BCUT2D eigenvalue weighted by atomic mass is 9.84. The molecule has 1 aromatic rings. The zero-order chi connectivity index (χ0) is 11.8. The molecular formula is C12H17N3OS. The number of rotatable bonds is 2. The molecule has 4 nitrogen and oxygen atoms in total. The second-order valence-electron chi connectivity index (χ2n) is 4.93. The fourth-order valence-corrected chi connectivity index (χ4v) is 3.29. The van der Waals surface area contributed by atoms with Crippen LogP contribution in [0.2, 0.25) is 0 Å². The summed E-state index contributed by atoms with van der Waals surface area (Å²) >= 11 is 1.46. The number of carbonyl (C=O) groups is 1. The highest BCUT2D eigenvalue weighted by Gasteiger charge is 2.36. The Kier molecular flexibility index (Phi) is 2.78. The van der Waals surface area contributed by atoms with Crippen molar-refractivity contribution < 1.29 is 4.79 Å². The van der Waals surface area contributed by atoms with Gasteiger partial charge in [-0.2, -0.15) is 0 Å². The largest absolute Gasteiger partial charge is 0.375 e. The van der Waals surface area contributed by atoms with Crippen molar-refractivity contribution in [1.82, 2.24) is 9.88 Å². The van der Waals surface area contributed by atoms with E-state index in [1.165, 1.54) is 17.8 Å². The molecule has 1 unspecified atom stereocenters. The van der Waals surface area contributed by atoms with Gasteiger partial charge in [0, 0.05) is 17.8 Å². The molecule has 1 saturated heterocycles. The van der Waals surface area contributed by atoms with E-state index in [1.54, 1.807) is 0 Å².